The third-order valence-electron chi connectivity index (χ3n) is 2.37. The van der Waals surface area contributed by atoms with E-state index in [-0.39, 0.29) is 18.2 Å². The van der Waals surface area contributed by atoms with Crippen molar-refractivity contribution in [2.24, 2.45) is 0 Å². The average molecular weight is 207 g/mol. The van der Waals surface area contributed by atoms with Gasteiger partial charge < -0.3 is 9.47 Å². The van der Waals surface area contributed by atoms with E-state index in [4.69, 9.17) is 4.74 Å². The van der Waals surface area contributed by atoms with Gasteiger partial charge in [-0.15, -0.1) is 0 Å². The number of methoxy groups -OCH3 is 1. The fraction of sp³-hybridized carbons (Fsp3) is 0.364. The molecular weight excluding hydrogens is 194 g/mol. The highest BCUT2D eigenvalue weighted by atomic mass is 16.5. The zero-order chi connectivity index (χ0) is 10.7. The second-order valence-corrected chi connectivity index (χ2v) is 3.37. The molecule has 0 amide bonds. The molecule has 80 valence electrons. The minimum absolute atomic E-state index is 0.213. The summed E-state index contributed by atoms with van der Waals surface area (Å²) in [5, 5.41) is 3.06. The minimum atomic E-state index is -0.361. The van der Waals surface area contributed by atoms with Crippen molar-refractivity contribution < 1.29 is 14.3 Å². The van der Waals surface area contributed by atoms with Crippen molar-refractivity contribution in [1.82, 2.24) is 5.32 Å². The Hall–Kier alpha value is -1.39. The quantitative estimate of drug-likeness (QED) is 0.730. The molecule has 1 aliphatic heterocycles. The van der Waals surface area contributed by atoms with Crippen LogP contribution in [0.1, 0.15) is 11.8 Å². The van der Waals surface area contributed by atoms with Crippen LogP contribution in [0.25, 0.3) is 0 Å². The van der Waals surface area contributed by atoms with Crippen molar-refractivity contribution in [1.29, 1.82) is 0 Å². The summed E-state index contributed by atoms with van der Waals surface area (Å²) in [6.07, 6.45) is -0.213. The highest BCUT2D eigenvalue weighted by Gasteiger charge is 2.31. The predicted octanol–water partition coefficient (Wildman–Crippen LogP) is 0.847. The van der Waals surface area contributed by atoms with Gasteiger partial charge in [0.25, 0.3) is 0 Å². The van der Waals surface area contributed by atoms with Gasteiger partial charge in [0.05, 0.1) is 13.7 Å². The van der Waals surface area contributed by atoms with Gasteiger partial charge in [0.1, 0.15) is 12.3 Å². The molecule has 1 unspecified atom stereocenters. The topological polar surface area (TPSA) is 47.6 Å². The highest BCUT2D eigenvalue weighted by molar-refractivity contribution is 5.76. The van der Waals surface area contributed by atoms with E-state index in [0.29, 0.717) is 6.61 Å². The van der Waals surface area contributed by atoms with Gasteiger partial charge >= 0.3 is 5.97 Å². The van der Waals surface area contributed by atoms with Gasteiger partial charge in [-0.05, 0) is 5.56 Å². The van der Waals surface area contributed by atoms with Crippen LogP contribution in [0, 0.1) is 0 Å². The number of ether oxygens (including phenoxy) is 2. The zero-order valence-electron chi connectivity index (χ0n) is 8.47. The normalized spacial score (nSPS) is 25.1. The smallest absolute Gasteiger partial charge is 0.325 e. The minimum Gasteiger partial charge on any atom is -0.468 e. The van der Waals surface area contributed by atoms with Crippen LogP contribution < -0.4 is 5.32 Å². The van der Waals surface area contributed by atoms with Crippen molar-refractivity contribution >= 4 is 5.97 Å². The van der Waals surface area contributed by atoms with Crippen molar-refractivity contribution in [2.45, 2.75) is 12.3 Å². The lowest BCUT2D eigenvalue weighted by Crippen LogP contribution is -2.34. The van der Waals surface area contributed by atoms with E-state index in [1.165, 1.54) is 7.11 Å². The molecule has 0 radical (unpaired) electrons. The third-order valence-corrected chi connectivity index (χ3v) is 2.37. The van der Waals surface area contributed by atoms with E-state index in [2.05, 4.69) is 10.1 Å². The third kappa shape index (κ3) is 2.16. The second-order valence-electron chi connectivity index (χ2n) is 3.37. The molecule has 2 rings (SSSR count). The van der Waals surface area contributed by atoms with Gasteiger partial charge in [-0.2, -0.15) is 0 Å². The van der Waals surface area contributed by atoms with E-state index in [9.17, 15) is 4.79 Å². The van der Waals surface area contributed by atoms with Crippen molar-refractivity contribution in [3.63, 3.8) is 0 Å². The van der Waals surface area contributed by atoms with E-state index in [0.717, 1.165) is 5.56 Å². The first-order valence-electron chi connectivity index (χ1n) is 4.81. The number of carbonyl (C=O) groups excluding carboxylic acids is 1. The summed E-state index contributed by atoms with van der Waals surface area (Å²) in [6, 6.07) is 9.36. The number of hydrogen-bond acceptors (Lipinski definition) is 4. The maximum Gasteiger partial charge on any atom is 0.325 e. The largest absolute Gasteiger partial charge is 0.468 e. The van der Waals surface area contributed by atoms with Gasteiger partial charge in [-0.25, -0.2) is 0 Å². The van der Waals surface area contributed by atoms with E-state index < -0.39 is 0 Å². The molecule has 1 aromatic carbocycles. The number of esters is 1. The molecule has 4 heteroatoms. The SMILES string of the molecule is COC(=O)[C@@H]1COC(c2ccccc2)N1. The Bertz CT molecular complexity index is 339. The molecule has 0 bridgehead atoms. The summed E-state index contributed by atoms with van der Waals surface area (Å²) in [4.78, 5) is 11.2. The second kappa shape index (κ2) is 4.42. The Morgan fingerprint density at radius 2 is 2.20 bits per heavy atom. The molecule has 1 saturated heterocycles. The maximum absolute atomic E-state index is 11.2. The van der Waals surface area contributed by atoms with Crippen molar-refractivity contribution in [3.8, 4) is 0 Å². The van der Waals surface area contributed by atoms with Crippen LogP contribution in [0.3, 0.4) is 0 Å². The lowest BCUT2D eigenvalue weighted by atomic mass is 10.2. The van der Waals surface area contributed by atoms with E-state index in [1.807, 2.05) is 30.3 Å². The standard InChI is InChI=1S/C11H13NO3/c1-14-11(13)9-7-15-10(12-9)8-5-3-2-4-6-8/h2-6,9-10,12H,7H2,1H3/t9-,10?/m0/s1. The molecule has 1 aliphatic rings. The first-order valence-corrected chi connectivity index (χ1v) is 4.81. The van der Waals surface area contributed by atoms with Gasteiger partial charge in [0, 0.05) is 0 Å². The van der Waals surface area contributed by atoms with Crippen molar-refractivity contribution in [3.05, 3.63) is 35.9 Å². The summed E-state index contributed by atoms with van der Waals surface area (Å²) in [5.41, 5.74) is 1.02. The summed E-state index contributed by atoms with van der Waals surface area (Å²) in [6.45, 7) is 0.353. The fourth-order valence-corrected chi connectivity index (χ4v) is 1.57. The molecule has 2 atom stereocenters. The Balaban J connectivity index is 2.02. The molecule has 1 fully saturated rings. The van der Waals surface area contributed by atoms with E-state index in [1.54, 1.807) is 0 Å². The molecule has 15 heavy (non-hydrogen) atoms. The number of hydrogen-bond donors (Lipinski definition) is 1. The Labute approximate surface area is 88.2 Å². The zero-order valence-corrected chi connectivity index (χ0v) is 8.47. The molecule has 1 heterocycles. The molecule has 0 aliphatic carbocycles. The van der Waals surface area contributed by atoms with Crippen LogP contribution >= 0.6 is 0 Å². The lowest BCUT2D eigenvalue weighted by molar-refractivity contribution is -0.142. The van der Waals surface area contributed by atoms with Gasteiger partial charge in [-0.1, -0.05) is 30.3 Å². The van der Waals surface area contributed by atoms with Crippen LogP contribution in [-0.2, 0) is 14.3 Å². The van der Waals surface area contributed by atoms with Crippen LogP contribution in [0.15, 0.2) is 30.3 Å². The fourth-order valence-electron chi connectivity index (χ4n) is 1.57. The Morgan fingerprint density at radius 3 is 2.87 bits per heavy atom. The molecule has 1 N–H and O–H groups in total. The van der Waals surface area contributed by atoms with Gasteiger partial charge in [0.15, 0.2) is 0 Å². The Kier molecular flexibility index (Phi) is 2.99. The summed E-state index contributed by atoms with van der Waals surface area (Å²) >= 11 is 0. The molecule has 4 nitrogen and oxygen atoms in total. The van der Waals surface area contributed by atoms with Gasteiger partial charge in [-0.3, -0.25) is 10.1 Å². The molecule has 0 saturated carbocycles. The first kappa shape index (κ1) is 10.1. The Morgan fingerprint density at radius 1 is 1.47 bits per heavy atom. The van der Waals surface area contributed by atoms with Crippen LogP contribution in [-0.4, -0.2) is 25.7 Å². The summed E-state index contributed by atoms with van der Waals surface area (Å²) in [7, 11) is 1.37. The summed E-state index contributed by atoms with van der Waals surface area (Å²) < 4.78 is 10.1. The van der Waals surface area contributed by atoms with Crippen LogP contribution in [0.5, 0.6) is 0 Å². The average Bonchev–Trinajstić information content (AvgIpc) is 2.78. The molecular formula is C11H13NO3. The van der Waals surface area contributed by atoms with Crippen LogP contribution in [0.4, 0.5) is 0 Å². The van der Waals surface area contributed by atoms with Crippen LogP contribution in [0.2, 0.25) is 0 Å². The first-order chi connectivity index (χ1) is 7.31. The molecule has 0 spiro atoms. The number of nitrogens with one attached hydrogen (secondary N) is 1. The van der Waals surface area contributed by atoms with Crippen molar-refractivity contribution in [2.75, 3.05) is 13.7 Å². The van der Waals surface area contributed by atoms with Gasteiger partial charge in [0.2, 0.25) is 0 Å². The van der Waals surface area contributed by atoms with E-state index >= 15 is 0 Å². The number of rotatable bonds is 2. The molecule has 0 aromatic heterocycles. The number of carbonyl (C=O) groups is 1. The monoisotopic (exact) mass is 207 g/mol. The maximum atomic E-state index is 11.2. The molecule has 1 aromatic rings. The lowest BCUT2D eigenvalue weighted by Gasteiger charge is -2.10. The summed E-state index contributed by atoms with van der Waals surface area (Å²) in [5.74, 6) is -0.284. The highest BCUT2D eigenvalue weighted by Crippen LogP contribution is 2.20. The predicted molar refractivity (Wildman–Crippen MR) is 54.1 cm³/mol. The number of benzene rings is 1.